The summed E-state index contributed by atoms with van der Waals surface area (Å²) in [5.74, 6) is -0.562. The molecule has 0 aromatic heterocycles. The van der Waals surface area contributed by atoms with E-state index in [9.17, 15) is 27.6 Å². The molecule has 1 heterocycles. The molecule has 10 heteroatoms. The highest BCUT2D eigenvalue weighted by molar-refractivity contribution is 8.18. The smallest absolute Gasteiger partial charge is 0.416 e. The van der Waals surface area contributed by atoms with E-state index >= 15 is 0 Å². The molecule has 1 aliphatic rings. The van der Waals surface area contributed by atoms with E-state index in [-0.39, 0.29) is 17.0 Å². The molecule has 0 aliphatic carbocycles. The molecule has 30 heavy (non-hydrogen) atoms. The van der Waals surface area contributed by atoms with Gasteiger partial charge in [0.15, 0.2) is 0 Å². The van der Waals surface area contributed by atoms with Crippen LogP contribution in [0.3, 0.4) is 0 Å². The number of halogens is 3. The highest BCUT2D eigenvalue weighted by Gasteiger charge is 2.30. The van der Waals surface area contributed by atoms with Crippen molar-refractivity contribution in [2.45, 2.75) is 12.7 Å². The van der Waals surface area contributed by atoms with Crippen LogP contribution in [-0.2, 0) is 17.5 Å². The van der Waals surface area contributed by atoms with Gasteiger partial charge in [0.1, 0.15) is 5.75 Å². The molecule has 0 radical (unpaired) electrons. The molecule has 6 nitrogen and oxygen atoms in total. The SMILES string of the molecule is COc1ccc(/C=C2\SC(=O)NC2=O)cc1CNC(=O)c1ccc(C(F)(F)F)cc1. The number of rotatable bonds is 5. The van der Waals surface area contributed by atoms with Gasteiger partial charge in [-0.15, -0.1) is 0 Å². The predicted molar refractivity (Wildman–Crippen MR) is 105 cm³/mol. The number of imide groups is 1. The lowest BCUT2D eigenvalue weighted by molar-refractivity contribution is -0.137. The number of thioether (sulfide) groups is 1. The van der Waals surface area contributed by atoms with Crippen LogP contribution in [0.5, 0.6) is 5.75 Å². The molecule has 2 aromatic carbocycles. The first kappa shape index (κ1) is 21.4. The Morgan fingerprint density at radius 2 is 1.87 bits per heavy atom. The van der Waals surface area contributed by atoms with Crippen LogP contribution in [0.1, 0.15) is 27.0 Å². The molecule has 1 saturated heterocycles. The molecule has 2 aromatic rings. The summed E-state index contributed by atoms with van der Waals surface area (Å²) >= 11 is 0.783. The van der Waals surface area contributed by atoms with E-state index in [1.54, 1.807) is 18.2 Å². The number of carbonyl (C=O) groups is 3. The summed E-state index contributed by atoms with van der Waals surface area (Å²) in [6, 6.07) is 8.89. The largest absolute Gasteiger partial charge is 0.496 e. The molecule has 1 aliphatic heterocycles. The molecule has 0 bridgehead atoms. The highest BCUT2D eigenvalue weighted by atomic mass is 32.2. The van der Waals surface area contributed by atoms with Crippen molar-refractivity contribution >= 4 is 34.9 Å². The zero-order valence-electron chi connectivity index (χ0n) is 15.5. The number of amides is 3. The van der Waals surface area contributed by atoms with E-state index in [1.807, 2.05) is 0 Å². The maximum Gasteiger partial charge on any atom is 0.416 e. The van der Waals surface area contributed by atoms with Gasteiger partial charge in [0, 0.05) is 17.7 Å². The zero-order valence-corrected chi connectivity index (χ0v) is 16.3. The van der Waals surface area contributed by atoms with Crippen LogP contribution in [0.4, 0.5) is 18.0 Å². The number of hydrogen-bond donors (Lipinski definition) is 2. The highest BCUT2D eigenvalue weighted by Crippen LogP contribution is 2.29. The Morgan fingerprint density at radius 1 is 1.17 bits per heavy atom. The van der Waals surface area contributed by atoms with Gasteiger partial charge in [0.25, 0.3) is 17.1 Å². The summed E-state index contributed by atoms with van der Waals surface area (Å²) in [5, 5.41) is 4.33. The van der Waals surface area contributed by atoms with Crippen LogP contribution >= 0.6 is 11.8 Å². The van der Waals surface area contributed by atoms with Gasteiger partial charge in [0.05, 0.1) is 17.6 Å². The number of alkyl halides is 3. The Labute approximate surface area is 173 Å². The summed E-state index contributed by atoms with van der Waals surface area (Å²) < 4.78 is 43.2. The topological polar surface area (TPSA) is 84.5 Å². The second-order valence-corrected chi connectivity index (χ2v) is 7.20. The van der Waals surface area contributed by atoms with Crippen molar-refractivity contribution in [3.05, 3.63) is 69.6 Å². The summed E-state index contributed by atoms with van der Waals surface area (Å²) in [7, 11) is 1.45. The van der Waals surface area contributed by atoms with E-state index in [4.69, 9.17) is 4.74 Å². The maximum atomic E-state index is 12.6. The van der Waals surface area contributed by atoms with Gasteiger partial charge in [-0.1, -0.05) is 6.07 Å². The molecule has 0 spiro atoms. The first-order valence-corrected chi connectivity index (χ1v) is 9.36. The summed E-state index contributed by atoms with van der Waals surface area (Å²) in [5.41, 5.74) is 0.440. The predicted octanol–water partition coefficient (Wildman–Crippen LogP) is 3.97. The Balaban J connectivity index is 1.74. The molecule has 1 fully saturated rings. The van der Waals surface area contributed by atoms with Gasteiger partial charge in [0.2, 0.25) is 0 Å². The Bertz CT molecular complexity index is 1030. The molecule has 3 amide bonds. The van der Waals surface area contributed by atoms with Crippen molar-refractivity contribution in [1.82, 2.24) is 10.6 Å². The van der Waals surface area contributed by atoms with Crippen LogP contribution in [0.2, 0.25) is 0 Å². The Kier molecular flexibility index (Phi) is 6.16. The molecule has 2 N–H and O–H groups in total. The van der Waals surface area contributed by atoms with Gasteiger partial charge < -0.3 is 10.1 Å². The van der Waals surface area contributed by atoms with Crippen LogP contribution in [0.15, 0.2) is 47.4 Å². The van der Waals surface area contributed by atoms with Gasteiger partial charge >= 0.3 is 6.18 Å². The van der Waals surface area contributed by atoms with Gasteiger partial charge in [-0.3, -0.25) is 19.7 Å². The molecular formula is C20H15F3N2O4S. The Morgan fingerprint density at radius 3 is 2.43 bits per heavy atom. The third-order valence-electron chi connectivity index (χ3n) is 4.16. The van der Waals surface area contributed by atoms with E-state index in [2.05, 4.69) is 10.6 Å². The first-order valence-electron chi connectivity index (χ1n) is 8.54. The van der Waals surface area contributed by atoms with Gasteiger partial charge in [-0.05, 0) is 59.8 Å². The monoisotopic (exact) mass is 436 g/mol. The fourth-order valence-corrected chi connectivity index (χ4v) is 3.37. The molecule has 3 rings (SSSR count). The van der Waals surface area contributed by atoms with Crippen LogP contribution in [-0.4, -0.2) is 24.2 Å². The number of hydrogen-bond acceptors (Lipinski definition) is 5. The lowest BCUT2D eigenvalue weighted by Gasteiger charge is -2.12. The summed E-state index contributed by atoms with van der Waals surface area (Å²) in [6.45, 7) is 0.0400. The van der Waals surface area contributed by atoms with Crippen molar-refractivity contribution < 1.29 is 32.3 Å². The van der Waals surface area contributed by atoms with Crippen molar-refractivity contribution in [1.29, 1.82) is 0 Å². The minimum Gasteiger partial charge on any atom is -0.496 e. The number of carbonyl (C=O) groups excluding carboxylic acids is 3. The number of methoxy groups -OCH3 is 1. The maximum absolute atomic E-state index is 12.6. The van der Waals surface area contributed by atoms with E-state index in [1.165, 1.54) is 13.2 Å². The minimum atomic E-state index is -4.48. The van der Waals surface area contributed by atoms with E-state index < -0.39 is 28.8 Å². The fourth-order valence-electron chi connectivity index (χ4n) is 2.69. The zero-order chi connectivity index (χ0) is 21.9. The molecule has 0 unspecified atom stereocenters. The van der Waals surface area contributed by atoms with E-state index in [0.29, 0.717) is 16.9 Å². The van der Waals surface area contributed by atoms with Crippen molar-refractivity contribution in [3.63, 3.8) is 0 Å². The lowest BCUT2D eigenvalue weighted by atomic mass is 10.1. The standard InChI is InChI=1S/C20H15F3N2O4S/c1-29-15-7-2-11(9-16-18(27)25-19(28)30-16)8-13(15)10-24-17(26)12-3-5-14(6-4-12)20(21,22)23/h2-9H,10H2,1H3,(H,24,26)(H,25,27,28)/b16-9-. The lowest BCUT2D eigenvalue weighted by Crippen LogP contribution is -2.23. The third kappa shape index (κ3) is 5.01. The number of nitrogens with one attached hydrogen (secondary N) is 2. The van der Waals surface area contributed by atoms with Gasteiger partial charge in [-0.2, -0.15) is 13.2 Å². The van der Waals surface area contributed by atoms with Crippen molar-refractivity contribution in [2.75, 3.05) is 7.11 Å². The average Bonchev–Trinajstić information content (AvgIpc) is 3.02. The summed E-state index contributed by atoms with van der Waals surface area (Å²) in [4.78, 5) is 35.5. The minimum absolute atomic E-state index is 0.0400. The Hall–Kier alpha value is -3.27. The summed E-state index contributed by atoms with van der Waals surface area (Å²) in [6.07, 6.45) is -2.94. The molecule has 0 atom stereocenters. The van der Waals surface area contributed by atoms with Crippen LogP contribution in [0.25, 0.3) is 6.08 Å². The van der Waals surface area contributed by atoms with Crippen molar-refractivity contribution in [3.8, 4) is 5.75 Å². The quantitative estimate of drug-likeness (QED) is 0.693. The number of benzene rings is 2. The van der Waals surface area contributed by atoms with E-state index in [0.717, 1.165) is 36.0 Å². The van der Waals surface area contributed by atoms with Crippen molar-refractivity contribution in [2.24, 2.45) is 0 Å². The van der Waals surface area contributed by atoms with Crippen LogP contribution in [0, 0.1) is 0 Å². The average molecular weight is 436 g/mol. The van der Waals surface area contributed by atoms with Crippen LogP contribution < -0.4 is 15.4 Å². The second-order valence-electron chi connectivity index (χ2n) is 6.18. The third-order valence-corrected chi connectivity index (χ3v) is 4.97. The second kappa shape index (κ2) is 8.62. The molecular weight excluding hydrogens is 421 g/mol. The molecule has 0 saturated carbocycles. The molecule has 156 valence electrons. The normalized spacial score (nSPS) is 15.3. The fraction of sp³-hybridized carbons (Fsp3) is 0.150. The first-order chi connectivity index (χ1) is 14.2. The number of ether oxygens (including phenoxy) is 1. The van der Waals surface area contributed by atoms with Gasteiger partial charge in [-0.25, -0.2) is 0 Å².